The zero-order valence-electron chi connectivity index (χ0n) is 24.8. The van der Waals surface area contributed by atoms with E-state index in [0.29, 0.717) is 47.3 Å². The average molecular weight is 630 g/mol. The molecular formula is C33H38F3N3O4S. The maximum atomic E-state index is 13.8. The van der Waals surface area contributed by atoms with Gasteiger partial charge in [-0.2, -0.15) is 13.2 Å². The van der Waals surface area contributed by atoms with Gasteiger partial charge in [-0.05, 0) is 86.4 Å². The van der Waals surface area contributed by atoms with Crippen molar-refractivity contribution in [3.63, 3.8) is 0 Å². The molecule has 2 N–H and O–H groups in total. The highest BCUT2D eigenvalue weighted by molar-refractivity contribution is 7.91. The number of rotatable bonds is 9. The molecule has 1 aliphatic carbocycles. The van der Waals surface area contributed by atoms with Crippen molar-refractivity contribution in [2.24, 2.45) is 5.92 Å². The smallest absolute Gasteiger partial charge is 0.368 e. The maximum Gasteiger partial charge on any atom is 0.417 e. The van der Waals surface area contributed by atoms with Crippen molar-refractivity contribution in [3.8, 4) is 0 Å². The van der Waals surface area contributed by atoms with E-state index in [1.54, 1.807) is 43.3 Å². The van der Waals surface area contributed by atoms with Gasteiger partial charge in [0.05, 0.1) is 16.2 Å². The average Bonchev–Trinajstić information content (AvgIpc) is 3.44. The van der Waals surface area contributed by atoms with Crippen LogP contribution in [0.15, 0.2) is 58.2 Å². The van der Waals surface area contributed by atoms with Crippen LogP contribution in [-0.2, 0) is 20.8 Å². The first-order valence-electron chi connectivity index (χ1n) is 15.2. The van der Waals surface area contributed by atoms with Crippen LogP contribution in [0.1, 0.15) is 68.1 Å². The van der Waals surface area contributed by atoms with Crippen LogP contribution in [-0.4, -0.2) is 44.2 Å². The number of anilines is 1. The molecule has 1 saturated heterocycles. The van der Waals surface area contributed by atoms with Gasteiger partial charge >= 0.3 is 6.18 Å². The number of hydrogen-bond donors (Lipinski definition) is 2. The molecule has 44 heavy (non-hydrogen) atoms. The molecular weight excluding hydrogens is 591 g/mol. The van der Waals surface area contributed by atoms with Crippen LogP contribution in [0, 0.1) is 12.8 Å². The number of fused-ring (bicyclic) bond motifs is 1. The third-order valence-corrected chi connectivity index (χ3v) is 10.8. The first-order chi connectivity index (χ1) is 20.9. The molecule has 2 aliphatic rings. The van der Waals surface area contributed by atoms with Gasteiger partial charge < -0.3 is 15.2 Å². The summed E-state index contributed by atoms with van der Waals surface area (Å²) in [5, 5.41) is 2.87. The number of sulfone groups is 1. The van der Waals surface area contributed by atoms with Gasteiger partial charge in [-0.15, -0.1) is 0 Å². The van der Waals surface area contributed by atoms with Crippen LogP contribution >= 0.6 is 0 Å². The fourth-order valence-electron chi connectivity index (χ4n) is 6.65. The second-order valence-corrected chi connectivity index (χ2v) is 14.0. The highest BCUT2D eigenvalue weighted by atomic mass is 32.2. The Labute approximate surface area is 255 Å². The largest absolute Gasteiger partial charge is 0.417 e. The summed E-state index contributed by atoms with van der Waals surface area (Å²) in [5.74, 6) is 0.113. The van der Waals surface area contributed by atoms with Gasteiger partial charge in [0.2, 0.25) is 11.5 Å². The molecule has 1 aromatic heterocycles. The molecule has 11 heteroatoms. The van der Waals surface area contributed by atoms with Gasteiger partial charge in [0, 0.05) is 47.9 Å². The molecule has 2 heterocycles. The van der Waals surface area contributed by atoms with Crippen molar-refractivity contribution >= 4 is 38.4 Å². The van der Waals surface area contributed by atoms with E-state index in [9.17, 15) is 31.2 Å². The molecule has 0 bridgehead atoms. The number of nitrogens with zero attached hydrogens (tertiary/aromatic N) is 1. The Balaban J connectivity index is 1.18. The Morgan fingerprint density at radius 2 is 1.77 bits per heavy atom. The molecule has 236 valence electrons. The lowest BCUT2D eigenvalue weighted by molar-refractivity contribution is -0.136. The van der Waals surface area contributed by atoms with Crippen LogP contribution < -0.4 is 15.8 Å². The number of hydrogen-bond acceptors (Lipinski definition) is 5. The number of aromatic nitrogens is 1. The van der Waals surface area contributed by atoms with E-state index in [1.165, 1.54) is 18.6 Å². The van der Waals surface area contributed by atoms with Crippen molar-refractivity contribution in [1.82, 2.24) is 10.3 Å². The van der Waals surface area contributed by atoms with Gasteiger partial charge in [0.25, 0.3) is 0 Å². The molecule has 2 fully saturated rings. The van der Waals surface area contributed by atoms with E-state index in [0.717, 1.165) is 38.5 Å². The van der Waals surface area contributed by atoms with Gasteiger partial charge in [-0.1, -0.05) is 31.4 Å². The predicted molar refractivity (Wildman–Crippen MR) is 166 cm³/mol. The topological polar surface area (TPSA) is 99.3 Å². The summed E-state index contributed by atoms with van der Waals surface area (Å²) in [7, 11) is -3.35. The monoisotopic (exact) mass is 629 g/mol. The van der Waals surface area contributed by atoms with E-state index in [-0.39, 0.29) is 34.5 Å². The fraction of sp³-hybridized carbons (Fsp3) is 0.455. The first-order valence-corrected chi connectivity index (χ1v) is 16.9. The molecule has 7 nitrogen and oxygen atoms in total. The fourth-order valence-corrected chi connectivity index (χ4v) is 8.35. The number of halogens is 3. The number of nitrogens with one attached hydrogen (secondary N) is 2. The number of aromatic amines is 1. The van der Waals surface area contributed by atoms with Crippen molar-refractivity contribution in [3.05, 3.63) is 75.6 Å². The lowest BCUT2D eigenvalue weighted by atomic mass is 9.91. The number of pyridine rings is 1. The minimum Gasteiger partial charge on any atom is -0.368 e. The minimum atomic E-state index is -4.66. The Morgan fingerprint density at radius 3 is 2.48 bits per heavy atom. The van der Waals surface area contributed by atoms with Gasteiger partial charge in [0.15, 0.2) is 9.84 Å². The summed E-state index contributed by atoms with van der Waals surface area (Å²) in [6.07, 6.45) is 5.99. The Hall–Kier alpha value is -3.60. The number of carbonyl (C=O) groups excluding carboxylic acids is 1. The molecule has 2 aromatic carbocycles. The van der Waals surface area contributed by atoms with Crippen LogP contribution in [0.2, 0.25) is 0 Å². The van der Waals surface area contributed by atoms with Crippen molar-refractivity contribution in [1.29, 1.82) is 0 Å². The summed E-state index contributed by atoms with van der Waals surface area (Å²) < 4.78 is 67.0. The number of aryl methyl sites for hydroxylation is 1. The van der Waals surface area contributed by atoms with Gasteiger partial charge in [0.1, 0.15) is 0 Å². The second-order valence-electron chi connectivity index (χ2n) is 11.9. The third-order valence-electron chi connectivity index (χ3n) is 8.85. The quantitative estimate of drug-likeness (QED) is 0.267. The maximum absolute atomic E-state index is 13.8. The zero-order valence-corrected chi connectivity index (χ0v) is 25.6. The Morgan fingerprint density at radius 1 is 1.05 bits per heavy atom. The summed E-state index contributed by atoms with van der Waals surface area (Å²) in [6, 6.07) is 10.5. The molecule has 1 amide bonds. The summed E-state index contributed by atoms with van der Waals surface area (Å²) >= 11 is 0. The number of carbonyl (C=O) groups is 1. The molecule has 1 aliphatic heterocycles. The van der Waals surface area contributed by atoms with Crippen molar-refractivity contribution in [2.75, 3.05) is 23.7 Å². The predicted octanol–water partition coefficient (Wildman–Crippen LogP) is 6.40. The zero-order chi connectivity index (χ0) is 31.5. The summed E-state index contributed by atoms with van der Waals surface area (Å²) in [4.78, 5) is 29.2. The Bertz CT molecular complexity index is 1690. The van der Waals surface area contributed by atoms with Crippen LogP contribution in [0.5, 0.6) is 0 Å². The molecule has 0 radical (unpaired) electrons. The Kier molecular flexibility index (Phi) is 9.53. The van der Waals surface area contributed by atoms with Gasteiger partial charge in [-0.3, -0.25) is 9.59 Å². The van der Waals surface area contributed by atoms with Crippen molar-refractivity contribution < 1.29 is 26.4 Å². The number of benzene rings is 2. The first kappa shape index (κ1) is 31.8. The van der Waals surface area contributed by atoms with E-state index in [4.69, 9.17) is 0 Å². The van der Waals surface area contributed by atoms with E-state index in [2.05, 4.69) is 15.2 Å². The minimum absolute atomic E-state index is 0.00598. The van der Waals surface area contributed by atoms with Gasteiger partial charge in [-0.25, -0.2) is 8.42 Å². The van der Waals surface area contributed by atoms with E-state index < -0.39 is 27.1 Å². The summed E-state index contributed by atoms with van der Waals surface area (Å²) in [6.45, 7) is 2.71. The molecule has 1 saturated carbocycles. The molecule has 0 spiro atoms. The molecule has 1 atom stereocenters. The SMILES string of the molecule is Cc1c(N2CCCC2CCNC(=O)/C=C/c2ccc(S(=O)(=O)CC3CCCCC3)cc2)ccc2[nH]c(=O)cc(C(F)(F)F)c12. The lowest BCUT2D eigenvalue weighted by Crippen LogP contribution is -2.34. The normalized spacial score (nSPS) is 18.4. The lowest BCUT2D eigenvalue weighted by Gasteiger charge is -2.29. The highest BCUT2D eigenvalue weighted by Gasteiger charge is 2.35. The van der Waals surface area contributed by atoms with Crippen LogP contribution in [0.25, 0.3) is 17.0 Å². The highest BCUT2D eigenvalue weighted by Crippen LogP contribution is 2.39. The van der Waals surface area contributed by atoms with Crippen molar-refractivity contribution in [2.45, 2.75) is 75.4 Å². The standard InChI is InChI=1S/C33H38F3N3O4S/c1-22-29(15-14-28-32(22)27(33(34,35)36)20-31(41)38-28)39-19-5-8-25(39)17-18-37-30(40)16-11-23-9-12-26(13-10-23)44(42,43)21-24-6-3-2-4-7-24/h9-16,20,24-25H,2-8,17-19,21H2,1H3,(H,37,40)(H,38,41)/b16-11+. The number of amides is 1. The third kappa shape index (κ3) is 7.36. The van der Waals surface area contributed by atoms with Crippen LogP contribution in [0.3, 0.4) is 0 Å². The van der Waals surface area contributed by atoms with E-state index >= 15 is 0 Å². The molecule has 3 aromatic rings. The van der Waals surface area contributed by atoms with E-state index in [1.807, 2.05) is 0 Å². The summed E-state index contributed by atoms with van der Waals surface area (Å²) in [5.41, 5.74) is 0.268. The second kappa shape index (κ2) is 13.2. The molecule has 1 unspecified atom stereocenters. The number of H-pyrrole nitrogens is 1. The van der Waals surface area contributed by atoms with Crippen LogP contribution in [0.4, 0.5) is 18.9 Å². The number of alkyl halides is 3. The molecule has 5 rings (SSSR count).